The van der Waals surface area contributed by atoms with Crippen molar-refractivity contribution in [3.63, 3.8) is 0 Å². The lowest BCUT2D eigenvalue weighted by Gasteiger charge is -2.29. The van der Waals surface area contributed by atoms with Gasteiger partial charge in [0, 0.05) is 131 Å². The summed E-state index contributed by atoms with van der Waals surface area (Å²) in [6.45, 7) is 26.1. The average molecular weight is 814 g/mol. The second-order valence-electron chi connectivity index (χ2n) is 12.0. The van der Waals surface area contributed by atoms with Crippen LogP contribution in [0.5, 0.6) is 0 Å². The fraction of sp³-hybridized carbons (Fsp3) is 0.941. The van der Waals surface area contributed by atoms with E-state index in [2.05, 4.69) is 30.4 Å². The molecular weight excluding hydrogens is 735 g/mol. The minimum atomic E-state index is -2.45. The van der Waals surface area contributed by atoms with Crippen LogP contribution < -0.4 is 16.4 Å². The molecule has 19 heteroatoms. The topological polar surface area (TPSA) is 164 Å². The average Bonchev–Trinajstić information content (AvgIpc) is 3.88. The van der Waals surface area contributed by atoms with Gasteiger partial charge in [0.15, 0.2) is 0 Å². The largest absolute Gasteiger partial charge is 0.500 e. The second-order valence-corrected chi connectivity index (χ2v) is 20.5. The third-order valence-electron chi connectivity index (χ3n) is 8.13. The normalized spacial score (nSPS) is 14.5. The SMILES string of the molecule is CCO[Si](CCCN1C=NCC1)(OCC)OCC.CCO[Si](CCCNCCNCCN)(OCC)OCC.CO[Si](CCCN1C=NCC1)(OC)OC. The van der Waals surface area contributed by atoms with E-state index in [0.29, 0.717) is 46.2 Å². The minimum Gasteiger partial charge on any atom is -0.377 e. The Kier molecular flexibility index (Phi) is 33.8. The summed E-state index contributed by atoms with van der Waals surface area (Å²) in [6, 6.07) is 2.60. The van der Waals surface area contributed by atoms with Crippen molar-refractivity contribution in [2.45, 2.75) is 78.9 Å². The fourth-order valence-corrected chi connectivity index (χ4v) is 12.6. The lowest BCUT2D eigenvalue weighted by molar-refractivity contribution is 0.0698. The first-order valence-electron chi connectivity index (χ1n) is 19.8. The zero-order valence-electron chi connectivity index (χ0n) is 35.0. The summed E-state index contributed by atoms with van der Waals surface area (Å²) in [7, 11) is -2.30. The predicted octanol–water partition coefficient (Wildman–Crippen LogP) is 2.93. The van der Waals surface area contributed by atoms with E-state index in [9.17, 15) is 0 Å². The zero-order chi connectivity index (χ0) is 39.5. The molecule has 316 valence electrons. The molecule has 0 saturated heterocycles. The van der Waals surface area contributed by atoms with E-state index in [1.807, 2.05) is 54.2 Å². The van der Waals surface area contributed by atoms with Crippen LogP contribution in [0.1, 0.15) is 60.8 Å². The summed E-state index contributed by atoms with van der Waals surface area (Å²) in [6.07, 6.45) is 6.88. The van der Waals surface area contributed by atoms with Gasteiger partial charge in [-0.2, -0.15) is 0 Å². The van der Waals surface area contributed by atoms with Crippen LogP contribution in [0, 0.1) is 0 Å². The van der Waals surface area contributed by atoms with Crippen LogP contribution in [0.4, 0.5) is 0 Å². The van der Waals surface area contributed by atoms with Gasteiger partial charge in [-0.05, 0) is 67.3 Å². The third-order valence-corrected chi connectivity index (χ3v) is 17.3. The van der Waals surface area contributed by atoms with E-state index in [1.54, 1.807) is 21.3 Å². The molecule has 2 heterocycles. The molecular formula is C34H79N7O9Si3. The molecule has 53 heavy (non-hydrogen) atoms. The van der Waals surface area contributed by atoms with Crippen LogP contribution in [-0.2, 0) is 39.8 Å². The number of nitrogens with one attached hydrogen (secondary N) is 2. The molecule has 2 aliphatic rings. The molecule has 0 aromatic rings. The third kappa shape index (κ3) is 24.4. The van der Waals surface area contributed by atoms with Gasteiger partial charge in [0.05, 0.1) is 25.8 Å². The predicted molar refractivity (Wildman–Crippen MR) is 221 cm³/mol. The van der Waals surface area contributed by atoms with Crippen molar-refractivity contribution < 1.29 is 39.8 Å². The van der Waals surface area contributed by atoms with Gasteiger partial charge in [-0.15, -0.1) is 0 Å². The van der Waals surface area contributed by atoms with Gasteiger partial charge in [-0.3, -0.25) is 9.98 Å². The number of hydrogen-bond acceptors (Lipinski definition) is 16. The Bertz CT molecular complexity index is 845. The summed E-state index contributed by atoms with van der Waals surface area (Å²) in [5.74, 6) is 0. The van der Waals surface area contributed by atoms with Gasteiger partial charge in [0.25, 0.3) is 0 Å². The molecule has 0 spiro atoms. The maximum absolute atomic E-state index is 5.82. The molecule has 0 aliphatic carbocycles. The van der Waals surface area contributed by atoms with E-state index in [4.69, 9.17) is 45.6 Å². The van der Waals surface area contributed by atoms with E-state index < -0.39 is 26.4 Å². The van der Waals surface area contributed by atoms with Gasteiger partial charge in [0.1, 0.15) is 0 Å². The molecule has 0 unspecified atom stereocenters. The van der Waals surface area contributed by atoms with E-state index in [1.165, 1.54) is 0 Å². The van der Waals surface area contributed by atoms with Crippen LogP contribution in [0.2, 0.25) is 18.1 Å². The second kappa shape index (κ2) is 34.4. The molecule has 0 aromatic heterocycles. The van der Waals surface area contributed by atoms with Crippen molar-refractivity contribution in [2.75, 3.05) is 133 Å². The molecule has 0 fully saturated rings. The number of rotatable bonds is 32. The Morgan fingerprint density at radius 2 is 0.887 bits per heavy atom. The van der Waals surface area contributed by atoms with Crippen LogP contribution >= 0.6 is 0 Å². The first-order valence-corrected chi connectivity index (χ1v) is 25.6. The standard InChI is InChI=1S/C13H33N3O3Si.C12H26N2O3Si.C9H20N2O3Si/c1-4-17-20(18-5-2,19-6-3)13-7-9-15-11-12-16-10-8-14;1-4-15-18(16-5-2,17-6-3)11-7-9-14-10-8-13-12-14;1-12-15(13-2,14-3)8-4-6-11-7-5-10-9-11/h15-16H,4-14H2,1-3H3;12H,4-11H2,1-3H3;9H,4-8H2,1-3H3. The Labute approximate surface area is 326 Å². The quantitative estimate of drug-likeness (QED) is 0.0671. The summed E-state index contributed by atoms with van der Waals surface area (Å²) in [5.41, 5.74) is 5.40. The monoisotopic (exact) mass is 814 g/mol. The molecule has 0 saturated carbocycles. The Morgan fingerprint density at radius 3 is 1.21 bits per heavy atom. The van der Waals surface area contributed by atoms with Crippen LogP contribution in [-0.4, -0.2) is 182 Å². The highest BCUT2D eigenvalue weighted by Gasteiger charge is 2.40. The van der Waals surface area contributed by atoms with Crippen LogP contribution in [0.3, 0.4) is 0 Å². The van der Waals surface area contributed by atoms with Gasteiger partial charge in [-0.25, -0.2) is 0 Å². The van der Waals surface area contributed by atoms with Gasteiger partial charge in [-0.1, -0.05) is 0 Å². The van der Waals surface area contributed by atoms with Crippen molar-refractivity contribution in [1.82, 2.24) is 20.4 Å². The van der Waals surface area contributed by atoms with E-state index in [-0.39, 0.29) is 0 Å². The molecule has 4 N–H and O–H groups in total. The molecule has 0 bridgehead atoms. The Balaban J connectivity index is 0.000000772. The van der Waals surface area contributed by atoms with Gasteiger partial charge < -0.3 is 66.0 Å². The maximum Gasteiger partial charge on any atom is 0.500 e. The highest BCUT2D eigenvalue weighted by Crippen LogP contribution is 2.19. The van der Waals surface area contributed by atoms with Gasteiger partial charge >= 0.3 is 26.4 Å². The molecule has 2 aliphatic heterocycles. The van der Waals surface area contributed by atoms with Crippen LogP contribution in [0.25, 0.3) is 0 Å². The number of nitrogens with two attached hydrogens (primary N) is 1. The number of hydrogen-bond donors (Lipinski definition) is 3. The highest BCUT2D eigenvalue weighted by atomic mass is 28.4. The minimum absolute atomic E-state index is 0.642. The first-order chi connectivity index (χ1) is 25.8. The molecule has 0 radical (unpaired) electrons. The fourth-order valence-electron chi connectivity index (χ4n) is 5.69. The van der Waals surface area contributed by atoms with E-state index in [0.717, 1.165) is 103 Å². The molecule has 0 aromatic carbocycles. The molecule has 16 nitrogen and oxygen atoms in total. The van der Waals surface area contributed by atoms with Crippen molar-refractivity contribution >= 4 is 39.1 Å². The Hall–Kier alpha value is -0.889. The van der Waals surface area contributed by atoms with Crippen molar-refractivity contribution in [3.8, 4) is 0 Å². The number of nitrogens with zero attached hydrogens (tertiary/aromatic N) is 4. The Morgan fingerprint density at radius 1 is 0.528 bits per heavy atom. The molecule has 2 rings (SSSR count). The van der Waals surface area contributed by atoms with E-state index >= 15 is 0 Å². The van der Waals surface area contributed by atoms with Crippen molar-refractivity contribution in [2.24, 2.45) is 15.7 Å². The summed E-state index contributed by atoms with van der Waals surface area (Å²) < 4.78 is 50.9. The van der Waals surface area contributed by atoms with Crippen molar-refractivity contribution in [3.05, 3.63) is 0 Å². The molecule has 0 amide bonds. The smallest absolute Gasteiger partial charge is 0.377 e. The number of aliphatic imine (C=N–C) groups is 2. The lowest BCUT2D eigenvalue weighted by atomic mass is 10.4. The van der Waals surface area contributed by atoms with Gasteiger partial charge in [0.2, 0.25) is 0 Å². The lowest BCUT2D eigenvalue weighted by Crippen LogP contribution is -2.46. The molecule has 0 atom stereocenters. The zero-order valence-corrected chi connectivity index (χ0v) is 38.0. The van der Waals surface area contributed by atoms with Crippen LogP contribution in [0.15, 0.2) is 9.98 Å². The summed E-state index contributed by atoms with van der Waals surface area (Å²) in [5, 5.41) is 6.65. The first kappa shape index (κ1) is 52.1. The highest BCUT2D eigenvalue weighted by molar-refractivity contribution is 6.61. The maximum atomic E-state index is 5.82. The van der Waals surface area contributed by atoms with Crippen molar-refractivity contribution in [1.29, 1.82) is 0 Å². The summed E-state index contributed by atoms with van der Waals surface area (Å²) in [4.78, 5) is 12.8. The summed E-state index contributed by atoms with van der Waals surface area (Å²) >= 11 is 0.